The molecule has 0 fully saturated rings. The molecule has 0 saturated carbocycles. The van der Waals surface area contributed by atoms with Gasteiger partial charge in [-0.25, -0.2) is 0 Å². The zero-order chi connectivity index (χ0) is 17.9. The van der Waals surface area contributed by atoms with E-state index in [0.717, 1.165) is 19.3 Å². The second kappa shape index (κ2) is 7.15. The van der Waals surface area contributed by atoms with Crippen molar-refractivity contribution < 1.29 is 13.7 Å². The lowest BCUT2D eigenvalue weighted by molar-refractivity contribution is -0.132. The highest BCUT2D eigenvalue weighted by Gasteiger charge is 2.26. The molecule has 0 radical (unpaired) electrons. The maximum Gasteiger partial charge on any atom is 0.238 e. The van der Waals surface area contributed by atoms with E-state index in [9.17, 15) is 4.79 Å². The summed E-state index contributed by atoms with van der Waals surface area (Å²) in [4.78, 5) is 18.8. The Bertz CT molecular complexity index is 885. The average molecular weight is 351 g/mol. The molecule has 3 aromatic rings. The Morgan fingerprint density at radius 3 is 3.00 bits per heavy atom. The second-order valence-corrected chi connectivity index (χ2v) is 6.60. The van der Waals surface area contributed by atoms with Gasteiger partial charge in [-0.3, -0.25) is 4.79 Å². The first kappa shape index (κ1) is 16.6. The molecule has 4 rings (SSSR count). The van der Waals surface area contributed by atoms with Gasteiger partial charge in [0.25, 0.3) is 0 Å². The predicted molar refractivity (Wildman–Crippen MR) is 95.2 cm³/mol. The molecule has 1 atom stereocenters. The third-order valence-corrected chi connectivity index (χ3v) is 4.96. The first-order valence-electron chi connectivity index (χ1n) is 8.92. The Balaban J connectivity index is 1.40. The number of aromatic nitrogens is 2. The van der Waals surface area contributed by atoms with Crippen molar-refractivity contribution in [3.8, 4) is 11.6 Å². The van der Waals surface area contributed by atoms with Crippen LogP contribution in [0.5, 0.6) is 0 Å². The summed E-state index contributed by atoms with van der Waals surface area (Å²) in [6, 6.07) is 12.1. The van der Waals surface area contributed by atoms with E-state index in [0.29, 0.717) is 30.3 Å². The molecule has 6 heteroatoms. The number of hydrogen-bond acceptors (Lipinski definition) is 5. The molecule has 0 bridgehead atoms. The van der Waals surface area contributed by atoms with E-state index in [2.05, 4.69) is 28.3 Å². The van der Waals surface area contributed by atoms with Crippen molar-refractivity contribution in [3.63, 3.8) is 0 Å². The van der Waals surface area contributed by atoms with E-state index in [1.807, 2.05) is 18.0 Å². The van der Waals surface area contributed by atoms with Gasteiger partial charge < -0.3 is 13.8 Å². The largest absolute Gasteiger partial charge is 0.461 e. The molecule has 2 heterocycles. The maximum atomic E-state index is 12.7. The van der Waals surface area contributed by atoms with Crippen LogP contribution in [0, 0.1) is 0 Å². The second-order valence-electron chi connectivity index (χ2n) is 6.60. The highest BCUT2D eigenvalue weighted by Crippen LogP contribution is 2.33. The van der Waals surface area contributed by atoms with Crippen LogP contribution >= 0.6 is 0 Å². The van der Waals surface area contributed by atoms with E-state index in [4.69, 9.17) is 8.94 Å². The lowest BCUT2D eigenvalue weighted by Gasteiger charge is -2.33. The Morgan fingerprint density at radius 1 is 1.27 bits per heavy atom. The first-order chi connectivity index (χ1) is 12.7. The van der Waals surface area contributed by atoms with Gasteiger partial charge in [-0.15, -0.1) is 0 Å². The molecule has 26 heavy (non-hydrogen) atoms. The van der Waals surface area contributed by atoms with Gasteiger partial charge in [0.15, 0.2) is 5.76 Å². The topological polar surface area (TPSA) is 72.4 Å². The molecule has 0 N–H and O–H groups in total. The van der Waals surface area contributed by atoms with Gasteiger partial charge in [0, 0.05) is 19.9 Å². The molecule has 0 unspecified atom stereocenters. The maximum absolute atomic E-state index is 12.7. The molecule has 134 valence electrons. The third kappa shape index (κ3) is 3.27. The summed E-state index contributed by atoms with van der Waals surface area (Å²) < 4.78 is 10.5. The number of fused-ring (bicyclic) bond motifs is 1. The number of benzene rings is 1. The number of carbonyl (C=O) groups excluding carboxylic acids is 1. The van der Waals surface area contributed by atoms with E-state index in [1.54, 1.807) is 18.4 Å². The standard InChI is InChI=1S/C20H21N3O3/c1-23(16-9-4-7-14-6-2-3-8-15(14)16)19(24)12-11-18-21-20(22-26-18)17-10-5-13-25-17/h2-3,5-6,8,10,13,16H,4,7,9,11-12H2,1H3/t16-/m0/s1. The summed E-state index contributed by atoms with van der Waals surface area (Å²) in [5, 5.41) is 3.90. The first-order valence-corrected chi connectivity index (χ1v) is 8.92. The Hall–Kier alpha value is -2.89. The zero-order valence-electron chi connectivity index (χ0n) is 14.7. The molecule has 1 aliphatic rings. The summed E-state index contributed by atoms with van der Waals surface area (Å²) in [6.07, 6.45) is 5.52. The van der Waals surface area contributed by atoms with Gasteiger partial charge in [0.1, 0.15) is 0 Å². The molecular weight excluding hydrogens is 330 g/mol. The van der Waals surface area contributed by atoms with Gasteiger partial charge in [0.05, 0.1) is 12.3 Å². The highest BCUT2D eigenvalue weighted by molar-refractivity contribution is 5.76. The number of furan rings is 1. The summed E-state index contributed by atoms with van der Waals surface area (Å²) in [5.74, 6) is 1.50. The summed E-state index contributed by atoms with van der Waals surface area (Å²) >= 11 is 0. The zero-order valence-corrected chi connectivity index (χ0v) is 14.7. The van der Waals surface area contributed by atoms with Crippen molar-refractivity contribution in [2.75, 3.05) is 7.05 Å². The van der Waals surface area contributed by atoms with Crippen LogP contribution in [0.3, 0.4) is 0 Å². The van der Waals surface area contributed by atoms with E-state index in [1.165, 1.54) is 11.1 Å². The molecule has 2 aromatic heterocycles. The number of aryl methyl sites for hydroxylation is 2. The van der Waals surface area contributed by atoms with Crippen molar-refractivity contribution in [2.45, 2.75) is 38.1 Å². The highest BCUT2D eigenvalue weighted by atomic mass is 16.5. The number of amides is 1. The van der Waals surface area contributed by atoms with Gasteiger partial charge >= 0.3 is 0 Å². The molecular formula is C20H21N3O3. The van der Waals surface area contributed by atoms with Crippen LogP contribution in [0.4, 0.5) is 0 Å². The lowest BCUT2D eigenvalue weighted by Crippen LogP contribution is -2.33. The Labute approximate surface area is 151 Å². The van der Waals surface area contributed by atoms with Gasteiger partial charge in [-0.1, -0.05) is 29.4 Å². The molecule has 1 aromatic carbocycles. The lowest BCUT2D eigenvalue weighted by atomic mass is 9.87. The van der Waals surface area contributed by atoms with Crippen molar-refractivity contribution >= 4 is 5.91 Å². The number of carbonyl (C=O) groups is 1. The molecule has 0 aliphatic heterocycles. The van der Waals surface area contributed by atoms with E-state index < -0.39 is 0 Å². The van der Waals surface area contributed by atoms with Crippen LogP contribution in [-0.4, -0.2) is 28.0 Å². The predicted octanol–water partition coefficient (Wildman–Crippen LogP) is 3.80. The monoisotopic (exact) mass is 351 g/mol. The van der Waals surface area contributed by atoms with Crippen LogP contribution in [0.2, 0.25) is 0 Å². The van der Waals surface area contributed by atoms with Crippen LogP contribution in [0.1, 0.15) is 42.3 Å². The number of hydrogen-bond donors (Lipinski definition) is 0. The minimum absolute atomic E-state index is 0.0875. The minimum atomic E-state index is 0.0875. The normalized spacial score (nSPS) is 16.3. The van der Waals surface area contributed by atoms with E-state index in [-0.39, 0.29) is 11.9 Å². The molecule has 0 spiro atoms. The number of nitrogens with zero attached hydrogens (tertiary/aromatic N) is 3. The van der Waals surface area contributed by atoms with Crippen molar-refractivity contribution in [3.05, 3.63) is 59.7 Å². The number of rotatable bonds is 5. The van der Waals surface area contributed by atoms with Gasteiger partial charge in [0.2, 0.25) is 17.6 Å². The van der Waals surface area contributed by atoms with Crippen LogP contribution in [0.15, 0.2) is 51.6 Å². The Kier molecular flexibility index (Phi) is 4.56. The molecule has 6 nitrogen and oxygen atoms in total. The van der Waals surface area contributed by atoms with E-state index >= 15 is 0 Å². The SMILES string of the molecule is CN(C(=O)CCc1nc(-c2ccco2)no1)[C@H]1CCCc2ccccc21. The summed E-state index contributed by atoms with van der Waals surface area (Å²) in [7, 11) is 1.89. The van der Waals surface area contributed by atoms with Crippen molar-refractivity contribution in [1.82, 2.24) is 15.0 Å². The van der Waals surface area contributed by atoms with Crippen LogP contribution in [0.25, 0.3) is 11.6 Å². The minimum Gasteiger partial charge on any atom is -0.461 e. The van der Waals surface area contributed by atoms with Crippen molar-refractivity contribution in [2.24, 2.45) is 0 Å². The third-order valence-electron chi connectivity index (χ3n) is 4.96. The molecule has 1 amide bonds. The quantitative estimate of drug-likeness (QED) is 0.699. The fraction of sp³-hybridized carbons (Fsp3) is 0.350. The smallest absolute Gasteiger partial charge is 0.238 e. The Morgan fingerprint density at radius 2 is 2.15 bits per heavy atom. The van der Waals surface area contributed by atoms with Crippen molar-refractivity contribution in [1.29, 1.82) is 0 Å². The van der Waals surface area contributed by atoms with Crippen LogP contribution in [-0.2, 0) is 17.6 Å². The van der Waals surface area contributed by atoms with Gasteiger partial charge in [-0.05, 0) is 42.5 Å². The fourth-order valence-corrected chi connectivity index (χ4v) is 3.56. The molecule has 1 aliphatic carbocycles. The fourth-order valence-electron chi connectivity index (χ4n) is 3.56. The average Bonchev–Trinajstić information content (AvgIpc) is 3.36. The summed E-state index contributed by atoms with van der Waals surface area (Å²) in [5.41, 5.74) is 2.62. The molecule has 0 saturated heterocycles. The van der Waals surface area contributed by atoms with Gasteiger partial charge in [-0.2, -0.15) is 4.98 Å². The van der Waals surface area contributed by atoms with Crippen LogP contribution < -0.4 is 0 Å². The summed E-state index contributed by atoms with van der Waals surface area (Å²) in [6.45, 7) is 0.